The number of rotatable bonds is 6. The maximum absolute atomic E-state index is 5.85. The molecule has 2 unspecified atom stereocenters. The third-order valence-corrected chi connectivity index (χ3v) is 2.66. The minimum atomic E-state index is 0.478. The van der Waals surface area contributed by atoms with Crippen molar-refractivity contribution in [2.24, 2.45) is 11.5 Å². The summed E-state index contributed by atoms with van der Waals surface area (Å²) in [5.74, 6) is 0. The van der Waals surface area contributed by atoms with Crippen molar-refractivity contribution < 1.29 is 4.74 Å². The van der Waals surface area contributed by atoms with Crippen LogP contribution in [0.5, 0.6) is 0 Å². The van der Waals surface area contributed by atoms with Gasteiger partial charge in [0.1, 0.15) is 0 Å². The van der Waals surface area contributed by atoms with Gasteiger partial charge in [-0.1, -0.05) is 0 Å². The second-order valence-electron chi connectivity index (χ2n) is 3.82. The third-order valence-electron chi connectivity index (χ3n) is 2.66. The van der Waals surface area contributed by atoms with Crippen LogP contribution < -0.4 is 11.5 Å². The lowest BCUT2D eigenvalue weighted by Crippen LogP contribution is -2.13. The molecule has 1 rings (SSSR count). The van der Waals surface area contributed by atoms with E-state index in [0.717, 1.165) is 38.8 Å². The van der Waals surface area contributed by atoms with Crippen LogP contribution in [0.1, 0.15) is 38.5 Å². The molecular formula is C10H22N2O. The predicted octanol–water partition coefficient (Wildman–Crippen LogP) is 1.01. The first-order valence-electron chi connectivity index (χ1n) is 5.42. The Balaban J connectivity index is 2.05. The van der Waals surface area contributed by atoms with Crippen LogP contribution in [0, 0.1) is 0 Å². The number of nitrogens with two attached hydrogens (primary N) is 2. The Morgan fingerprint density at radius 3 is 1.77 bits per heavy atom. The lowest BCUT2D eigenvalue weighted by Gasteiger charge is -2.12. The molecule has 1 heterocycles. The molecule has 0 amide bonds. The molecule has 0 aliphatic carbocycles. The summed E-state index contributed by atoms with van der Waals surface area (Å²) in [6.07, 6.45) is 7.84. The van der Waals surface area contributed by atoms with E-state index >= 15 is 0 Å². The van der Waals surface area contributed by atoms with E-state index in [1.54, 1.807) is 0 Å². The van der Waals surface area contributed by atoms with E-state index in [9.17, 15) is 0 Å². The van der Waals surface area contributed by atoms with E-state index < -0.39 is 0 Å². The van der Waals surface area contributed by atoms with Gasteiger partial charge in [0.25, 0.3) is 0 Å². The van der Waals surface area contributed by atoms with E-state index in [1.165, 1.54) is 12.8 Å². The molecule has 1 fully saturated rings. The fraction of sp³-hybridized carbons (Fsp3) is 1.00. The Bertz CT molecular complexity index is 116. The van der Waals surface area contributed by atoms with Crippen molar-refractivity contribution in [1.29, 1.82) is 0 Å². The molecule has 0 spiro atoms. The van der Waals surface area contributed by atoms with Crippen molar-refractivity contribution in [1.82, 2.24) is 0 Å². The van der Waals surface area contributed by atoms with Crippen LogP contribution in [0.2, 0.25) is 0 Å². The number of hydrogen-bond donors (Lipinski definition) is 2. The molecule has 1 saturated heterocycles. The largest absolute Gasteiger partial charge is 0.375 e. The van der Waals surface area contributed by atoms with Gasteiger partial charge in [0, 0.05) is 0 Å². The zero-order valence-corrected chi connectivity index (χ0v) is 8.37. The highest BCUT2D eigenvalue weighted by molar-refractivity contribution is 4.73. The van der Waals surface area contributed by atoms with Crippen molar-refractivity contribution >= 4 is 0 Å². The van der Waals surface area contributed by atoms with Gasteiger partial charge in [-0.2, -0.15) is 0 Å². The van der Waals surface area contributed by atoms with Gasteiger partial charge in [-0.05, 0) is 51.6 Å². The Labute approximate surface area is 80.8 Å². The summed E-state index contributed by atoms with van der Waals surface area (Å²) in [5.41, 5.74) is 10.9. The Morgan fingerprint density at radius 2 is 1.38 bits per heavy atom. The predicted molar refractivity (Wildman–Crippen MR) is 54.5 cm³/mol. The zero-order chi connectivity index (χ0) is 9.52. The molecule has 0 aromatic carbocycles. The molecule has 13 heavy (non-hydrogen) atoms. The molecule has 3 heteroatoms. The van der Waals surface area contributed by atoms with Gasteiger partial charge in [0.05, 0.1) is 12.2 Å². The molecule has 4 N–H and O–H groups in total. The summed E-state index contributed by atoms with van der Waals surface area (Å²) in [7, 11) is 0. The van der Waals surface area contributed by atoms with Crippen LogP contribution in [-0.4, -0.2) is 25.3 Å². The van der Waals surface area contributed by atoms with Crippen molar-refractivity contribution in [2.75, 3.05) is 13.1 Å². The summed E-state index contributed by atoms with van der Waals surface area (Å²) in [4.78, 5) is 0. The smallest absolute Gasteiger partial charge is 0.0580 e. The van der Waals surface area contributed by atoms with Crippen LogP contribution in [0.4, 0.5) is 0 Å². The van der Waals surface area contributed by atoms with Crippen LogP contribution in [0.3, 0.4) is 0 Å². The lowest BCUT2D eigenvalue weighted by atomic mass is 10.1. The van der Waals surface area contributed by atoms with E-state index in [4.69, 9.17) is 16.2 Å². The minimum Gasteiger partial charge on any atom is -0.375 e. The first kappa shape index (κ1) is 11.0. The normalized spacial score (nSPS) is 28.2. The van der Waals surface area contributed by atoms with Gasteiger partial charge in [0.2, 0.25) is 0 Å². The first-order chi connectivity index (χ1) is 6.36. The van der Waals surface area contributed by atoms with Gasteiger partial charge < -0.3 is 16.2 Å². The maximum Gasteiger partial charge on any atom is 0.0580 e. The van der Waals surface area contributed by atoms with Crippen molar-refractivity contribution in [2.45, 2.75) is 50.7 Å². The molecule has 2 atom stereocenters. The van der Waals surface area contributed by atoms with E-state index in [-0.39, 0.29) is 0 Å². The average molecular weight is 186 g/mol. The molecule has 0 radical (unpaired) electrons. The lowest BCUT2D eigenvalue weighted by molar-refractivity contribution is 0.0348. The third kappa shape index (κ3) is 4.07. The second kappa shape index (κ2) is 6.35. The summed E-state index contributed by atoms with van der Waals surface area (Å²) in [5, 5.41) is 0. The zero-order valence-electron chi connectivity index (χ0n) is 8.37. The van der Waals surface area contributed by atoms with Gasteiger partial charge in [-0.15, -0.1) is 0 Å². The Kier molecular flexibility index (Phi) is 5.35. The topological polar surface area (TPSA) is 61.3 Å². The van der Waals surface area contributed by atoms with Crippen LogP contribution in [0.25, 0.3) is 0 Å². The highest BCUT2D eigenvalue weighted by atomic mass is 16.5. The van der Waals surface area contributed by atoms with Gasteiger partial charge in [-0.25, -0.2) is 0 Å². The summed E-state index contributed by atoms with van der Waals surface area (Å²) in [6, 6.07) is 0. The average Bonchev–Trinajstić information content (AvgIpc) is 2.59. The maximum atomic E-state index is 5.85. The molecule has 1 aliphatic heterocycles. The van der Waals surface area contributed by atoms with Crippen molar-refractivity contribution in [3.63, 3.8) is 0 Å². The highest BCUT2D eigenvalue weighted by Crippen LogP contribution is 2.25. The van der Waals surface area contributed by atoms with E-state index in [2.05, 4.69) is 0 Å². The Hall–Kier alpha value is -0.120. The molecular weight excluding hydrogens is 164 g/mol. The van der Waals surface area contributed by atoms with Gasteiger partial charge in [-0.3, -0.25) is 0 Å². The molecule has 0 bridgehead atoms. The van der Waals surface area contributed by atoms with Crippen molar-refractivity contribution in [3.05, 3.63) is 0 Å². The fourth-order valence-corrected chi connectivity index (χ4v) is 1.90. The van der Waals surface area contributed by atoms with Gasteiger partial charge in [0.15, 0.2) is 0 Å². The van der Waals surface area contributed by atoms with Crippen LogP contribution in [-0.2, 0) is 4.74 Å². The SMILES string of the molecule is NCCCC1CCC(CCCN)O1. The second-order valence-corrected chi connectivity index (χ2v) is 3.82. The minimum absolute atomic E-state index is 0.478. The molecule has 3 nitrogen and oxygen atoms in total. The monoisotopic (exact) mass is 186 g/mol. The molecule has 1 aliphatic rings. The summed E-state index contributed by atoms with van der Waals surface area (Å²) < 4.78 is 5.85. The van der Waals surface area contributed by atoms with E-state index in [0.29, 0.717) is 12.2 Å². The Morgan fingerprint density at radius 1 is 0.923 bits per heavy atom. The molecule has 0 aromatic rings. The van der Waals surface area contributed by atoms with Gasteiger partial charge >= 0.3 is 0 Å². The highest BCUT2D eigenvalue weighted by Gasteiger charge is 2.23. The number of hydrogen-bond acceptors (Lipinski definition) is 3. The molecule has 0 aromatic heterocycles. The van der Waals surface area contributed by atoms with Crippen molar-refractivity contribution in [3.8, 4) is 0 Å². The molecule has 0 saturated carbocycles. The standard InChI is InChI=1S/C10H22N2O/c11-7-1-3-9-5-6-10(13-9)4-2-8-12/h9-10H,1-8,11-12H2. The van der Waals surface area contributed by atoms with E-state index in [1.807, 2.05) is 0 Å². The summed E-state index contributed by atoms with van der Waals surface area (Å²) in [6.45, 7) is 1.57. The van der Waals surface area contributed by atoms with Crippen LogP contribution in [0.15, 0.2) is 0 Å². The van der Waals surface area contributed by atoms with Crippen LogP contribution >= 0.6 is 0 Å². The summed E-state index contributed by atoms with van der Waals surface area (Å²) >= 11 is 0. The first-order valence-corrected chi connectivity index (χ1v) is 5.42. The fourth-order valence-electron chi connectivity index (χ4n) is 1.90. The quantitative estimate of drug-likeness (QED) is 0.651. The number of ether oxygens (including phenoxy) is 1. The molecule has 78 valence electrons.